The molecule has 2 aromatic carbocycles. The molecule has 6 nitrogen and oxygen atoms in total. The first-order valence-electron chi connectivity index (χ1n) is 10.2. The van der Waals surface area contributed by atoms with E-state index in [9.17, 15) is 22.8 Å². The molecule has 9 heteroatoms. The quantitative estimate of drug-likeness (QED) is 0.649. The first-order valence-corrected chi connectivity index (χ1v) is 10.2. The lowest BCUT2D eigenvalue weighted by Gasteiger charge is -2.36. The van der Waals surface area contributed by atoms with Gasteiger partial charge in [0.05, 0.1) is 24.9 Å². The number of hydrogen-bond acceptors (Lipinski definition) is 4. The molecule has 0 bridgehead atoms. The number of halogens is 3. The van der Waals surface area contributed by atoms with E-state index in [-0.39, 0.29) is 37.7 Å². The van der Waals surface area contributed by atoms with E-state index in [1.807, 2.05) is 6.07 Å². The summed E-state index contributed by atoms with van der Waals surface area (Å²) < 4.78 is 50.0. The van der Waals surface area contributed by atoms with Gasteiger partial charge in [0.25, 0.3) is 11.8 Å². The van der Waals surface area contributed by atoms with Crippen molar-refractivity contribution in [1.82, 2.24) is 9.80 Å². The molecular formula is C23H25F3N2O4. The third-order valence-electron chi connectivity index (χ3n) is 5.16. The lowest BCUT2D eigenvalue weighted by atomic mass is 10.1. The number of morpholine rings is 1. The normalized spacial score (nSPS) is 16.6. The maximum atomic E-state index is 13.1. The van der Waals surface area contributed by atoms with E-state index >= 15 is 0 Å². The molecule has 2 amide bonds. The molecule has 0 N–H and O–H groups in total. The number of hydrogen-bond donors (Lipinski definition) is 0. The molecular weight excluding hydrogens is 425 g/mol. The van der Waals surface area contributed by atoms with Crippen molar-refractivity contribution in [3.05, 3.63) is 71.3 Å². The number of rotatable bonds is 7. The zero-order chi connectivity index (χ0) is 23.1. The maximum absolute atomic E-state index is 13.1. The van der Waals surface area contributed by atoms with Crippen molar-refractivity contribution in [1.29, 1.82) is 0 Å². The summed E-state index contributed by atoms with van der Waals surface area (Å²) in [5, 5.41) is 0. The molecule has 0 aromatic heterocycles. The number of carbonyl (C=O) groups is 2. The minimum atomic E-state index is -4.54. The second-order valence-electron chi connectivity index (χ2n) is 7.43. The SMILES string of the molecule is COCCN(C[C@@H]1CN(C(=O)c2ccccc2)CCO1)C(=O)c1cccc(C(F)(F)F)c1. The summed E-state index contributed by atoms with van der Waals surface area (Å²) >= 11 is 0. The monoisotopic (exact) mass is 450 g/mol. The van der Waals surface area contributed by atoms with E-state index in [1.165, 1.54) is 24.1 Å². The molecule has 1 aliphatic heterocycles. The van der Waals surface area contributed by atoms with Crippen molar-refractivity contribution in [2.45, 2.75) is 12.3 Å². The van der Waals surface area contributed by atoms with Crippen LogP contribution >= 0.6 is 0 Å². The largest absolute Gasteiger partial charge is 0.416 e. The average molecular weight is 450 g/mol. The molecule has 32 heavy (non-hydrogen) atoms. The van der Waals surface area contributed by atoms with Crippen LogP contribution in [-0.4, -0.2) is 74.2 Å². The highest BCUT2D eigenvalue weighted by atomic mass is 19.4. The molecule has 2 aromatic rings. The van der Waals surface area contributed by atoms with Gasteiger partial charge in [-0.15, -0.1) is 0 Å². The van der Waals surface area contributed by atoms with Crippen LogP contribution in [-0.2, 0) is 15.7 Å². The molecule has 0 saturated carbocycles. The zero-order valence-corrected chi connectivity index (χ0v) is 17.7. The van der Waals surface area contributed by atoms with Crippen LogP contribution in [0, 0.1) is 0 Å². The van der Waals surface area contributed by atoms with Gasteiger partial charge >= 0.3 is 6.18 Å². The average Bonchev–Trinajstić information content (AvgIpc) is 2.81. The zero-order valence-electron chi connectivity index (χ0n) is 17.7. The summed E-state index contributed by atoms with van der Waals surface area (Å²) in [6.07, 6.45) is -5.01. The van der Waals surface area contributed by atoms with Crippen LogP contribution < -0.4 is 0 Å². The highest BCUT2D eigenvalue weighted by Crippen LogP contribution is 2.29. The fraction of sp³-hybridized carbons (Fsp3) is 0.391. The standard InChI is InChI=1S/C23H25F3N2O4/c1-31-12-10-27(22(30)18-8-5-9-19(14-18)23(24,25)26)15-20-16-28(11-13-32-20)21(29)17-6-3-2-4-7-17/h2-9,14,20H,10-13,15-16H2,1H3/t20-/m1/s1. The third-order valence-corrected chi connectivity index (χ3v) is 5.16. The predicted octanol–water partition coefficient (Wildman–Crippen LogP) is 3.34. The van der Waals surface area contributed by atoms with Gasteiger partial charge in [0.1, 0.15) is 0 Å². The minimum absolute atomic E-state index is 0.0658. The van der Waals surface area contributed by atoms with Crippen LogP contribution in [0.25, 0.3) is 0 Å². The van der Waals surface area contributed by atoms with Crippen LogP contribution in [0.5, 0.6) is 0 Å². The van der Waals surface area contributed by atoms with Crippen molar-refractivity contribution in [3.8, 4) is 0 Å². The Morgan fingerprint density at radius 3 is 2.53 bits per heavy atom. The van der Waals surface area contributed by atoms with E-state index in [0.717, 1.165) is 12.1 Å². The van der Waals surface area contributed by atoms with Gasteiger partial charge in [0.2, 0.25) is 0 Å². The first-order chi connectivity index (χ1) is 15.3. The third kappa shape index (κ3) is 6.08. The molecule has 172 valence electrons. The van der Waals surface area contributed by atoms with Gasteiger partial charge in [-0.3, -0.25) is 9.59 Å². The molecule has 1 aliphatic rings. The van der Waals surface area contributed by atoms with Crippen molar-refractivity contribution < 1.29 is 32.2 Å². The lowest BCUT2D eigenvalue weighted by molar-refractivity contribution is -0.137. The smallest absolute Gasteiger partial charge is 0.383 e. The van der Waals surface area contributed by atoms with Gasteiger partial charge in [-0.05, 0) is 30.3 Å². The fourth-order valence-corrected chi connectivity index (χ4v) is 3.51. The van der Waals surface area contributed by atoms with E-state index < -0.39 is 23.8 Å². The molecule has 0 aliphatic carbocycles. The number of nitrogens with zero attached hydrogens (tertiary/aromatic N) is 2. The summed E-state index contributed by atoms with van der Waals surface area (Å²) in [7, 11) is 1.48. The topological polar surface area (TPSA) is 59.1 Å². The Labute approximate surface area is 184 Å². The summed E-state index contributed by atoms with van der Waals surface area (Å²) in [5.41, 5.74) is -0.392. The van der Waals surface area contributed by atoms with Crippen molar-refractivity contribution >= 4 is 11.8 Å². The first kappa shape index (κ1) is 23.7. The molecule has 0 radical (unpaired) electrons. The van der Waals surface area contributed by atoms with Crippen LogP contribution in [0.1, 0.15) is 26.3 Å². The van der Waals surface area contributed by atoms with Crippen LogP contribution in [0.15, 0.2) is 54.6 Å². The second-order valence-corrected chi connectivity index (χ2v) is 7.43. The number of methoxy groups -OCH3 is 1. The van der Waals surface area contributed by atoms with Gasteiger partial charge in [0, 0.05) is 44.4 Å². The van der Waals surface area contributed by atoms with Gasteiger partial charge in [-0.1, -0.05) is 24.3 Å². The van der Waals surface area contributed by atoms with Crippen LogP contribution in [0.4, 0.5) is 13.2 Å². The van der Waals surface area contributed by atoms with Crippen molar-refractivity contribution in [2.75, 3.05) is 46.5 Å². The van der Waals surface area contributed by atoms with E-state index in [0.29, 0.717) is 18.7 Å². The Morgan fingerprint density at radius 1 is 1.12 bits per heavy atom. The minimum Gasteiger partial charge on any atom is -0.383 e. The fourth-order valence-electron chi connectivity index (χ4n) is 3.51. The van der Waals surface area contributed by atoms with Gasteiger partial charge < -0.3 is 19.3 Å². The second kappa shape index (κ2) is 10.6. The number of benzene rings is 2. The lowest BCUT2D eigenvalue weighted by Crippen LogP contribution is -2.51. The van der Waals surface area contributed by atoms with E-state index in [2.05, 4.69) is 0 Å². The van der Waals surface area contributed by atoms with Crippen LogP contribution in [0.3, 0.4) is 0 Å². The number of amides is 2. The van der Waals surface area contributed by atoms with Gasteiger partial charge in [-0.25, -0.2) is 0 Å². The van der Waals surface area contributed by atoms with Crippen molar-refractivity contribution in [3.63, 3.8) is 0 Å². The number of ether oxygens (including phenoxy) is 2. The molecule has 1 saturated heterocycles. The van der Waals surface area contributed by atoms with Crippen LogP contribution in [0.2, 0.25) is 0 Å². The Bertz CT molecular complexity index is 921. The highest BCUT2D eigenvalue weighted by Gasteiger charge is 2.32. The van der Waals surface area contributed by atoms with Gasteiger partial charge in [0.15, 0.2) is 0 Å². The predicted molar refractivity (Wildman–Crippen MR) is 111 cm³/mol. The van der Waals surface area contributed by atoms with E-state index in [1.54, 1.807) is 29.2 Å². The molecule has 1 heterocycles. The highest BCUT2D eigenvalue weighted by molar-refractivity contribution is 5.95. The number of carbonyl (C=O) groups excluding carboxylic acids is 2. The Kier molecular flexibility index (Phi) is 7.87. The molecule has 1 fully saturated rings. The summed E-state index contributed by atoms with van der Waals surface area (Å²) in [4.78, 5) is 28.8. The Hall–Kier alpha value is -2.91. The summed E-state index contributed by atoms with van der Waals surface area (Å²) in [5.74, 6) is -0.685. The number of alkyl halides is 3. The maximum Gasteiger partial charge on any atom is 0.416 e. The Balaban J connectivity index is 1.72. The van der Waals surface area contributed by atoms with E-state index in [4.69, 9.17) is 9.47 Å². The van der Waals surface area contributed by atoms with Gasteiger partial charge in [-0.2, -0.15) is 13.2 Å². The Morgan fingerprint density at radius 2 is 1.84 bits per heavy atom. The molecule has 0 spiro atoms. The summed E-state index contributed by atoms with van der Waals surface area (Å²) in [6, 6.07) is 13.2. The summed E-state index contributed by atoms with van der Waals surface area (Å²) in [6.45, 7) is 1.51. The molecule has 3 rings (SSSR count). The molecule has 1 atom stereocenters. The molecule has 0 unspecified atom stereocenters. The van der Waals surface area contributed by atoms with Crippen molar-refractivity contribution in [2.24, 2.45) is 0 Å².